The average molecular weight is 264 g/mol. The first kappa shape index (κ1) is 13.7. The second-order valence-corrected chi connectivity index (χ2v) is 4.88. The molecule has 104 valence electrons. The number of hydrogen-bond donors (Lipinski definition) is 1. The van der Waals surface area contributed by atoms with E-state index in [4.69, 9.17) is 14.2 Å². The summed E-state index contributed by atoms with van der Waals surface area (Å²) in [6.07, 6.45) is -5.40. The molecule has 0 amide bonds. The van der Waals surface area contributed by atoms with E-state index in [9.17, 15) is 14.3 Å². The van der Waals surface area contributed by atoms with Gasteiger partial charge in [0.05, 0.1) is 0 Å². The van der Waals surface area contributed by atoms with Gasteiger partial charge in [-0.1, -0.05) is 0 Å². The zero-order chi connectivity index (χ0) is 13.5. The van der Waals surface area contributed by atoms with E-state index >= 15 is 0 Å². The lowest BCUT2D eigenvalue weighted by Gasteiger charge is -2.24. The molecular formula is C11H17FO6. The highest BCUT2D eigenvalue weighted by atomic mass is 19.1. The minimum Gasteiger partial charge on any atom is -0.463 e. The number of halogens is 1. The fourth-order valence-corrected chi connectivity index (χ4v) is 2.11. The van der Waals surface area contributed by atoms with Gasteiger partial charge in [0.15, 0.2) is 18.2 Å². The predicted molar refractivity (Wildman–Crippen MR) is 56.2 cm³/mol. The van der Waals surface area contributed by atoms with Crippen LogP contribution in [0, 0.1) is 0 Å². The van der Waals surface area contributed by atoms with Gasteiger partial charge in [-0.2, -0.15) is 0 Å². The van der Waals surface area contributed by atoms with Crippen molar-refractivity contribution >= 4 is 5.97 Å². The van der Waals surface area contributed by atoms with Crippen LogP contribution in [0.2, 0.25) is 0 Å². The molecule has 7 heteroatoms. The molecule has 0 aromatic carbocycles. The molecule has 0 radical (unpaired) electrons. The van der Waals surface area contributed by atoms with Crippen molar-refractivity contribution in [3.63, 3.8) is 0 Å². The van der Waals surface area contributed by atoms with Crippen LogP contribution in [0.4, 0.5) is 4.39 Å². The second kappa shape index (κ2) is 4.73. The zero-order valence-electron chi connectivity index (χ0n) is 10.5. The van der Waals surface area contributed by atoms with Crippen molar-refractivity contribution < 1.29 is 33.2 Å². The van der Waals surface area contributed by atoms with Gasteiger partial charge < -0.3 is 24.1 Å². The van der Waals surface area contributed by atoms with Crippen molar-refractivity contribution in [3.8, 4) is 0 Å². The third kappa shape index (κ3) is 2.64. The highest BCUT2D eigenvalue weighted by molar-refractivity contribution is 5.65. The molecule has 5 atom stereocenters. The SMILES string of the molecule is CC(=O)OC[C@H](F)[C@H]1O[C@@H]2OC(C)(C)O[C@@H]2[C@H]1O. The molecule has 0 saturated carbocycles. The molecule has 6 nitrogen and oxygen atoms in total. The van der Waals surface area contributed by atoms with Crippen LogP contribution in [-0.4, -0.2) is 54.2 Å². The van der Waals surface area contributed by atoms with E-state index in [-0.39, 0.29) is 0 Å². The van der Waals surface area contributed by atoms with Gasteiger partial charge in [0.1, 0.15) is 24.9 Å². The van der Waals surface area contributed by atoms with Gasteiger partial charge in [0.2, 0.25) is 0 Å². The van der Waals surface area contributed by atoms with Gasteiger partial charge in [-0.3, -0.25) is 4.79 Å². The predicted octanol–water partition coefficient (Wildman–Crippen LogP) is 0.125. The summed E-state index contributed by atoms with van der Waals surface area (Å²) in [5.41, 5.74) is 0. The Hall–Kier alpha value is -0.760. The van der Waals surface area contributed by atoms with Crippen LogP contribution in [0.5, 0.6) is 0 Å². The molecule has 2 heterocycles. The zero-order valence-corrected chi connectivity index (χ0v) is 10.5. The van der Waals surface area contributed by atoms with Gasteiger partial charge in [0.25, 0.3) is 0 Å². The number of carbonyl (C=O) groups excluding carboxylic acids is 1. The standard InChI is InChI=1S/C11H17FO6/c1-5(13)15-4-6(12)8-7(14)9-10(16-8)18-11(2,3)17-9/h6-10,14H,4H2,1-3H3/t6-,7-,8+,9+,10+/m0/s1. The quantitative estimate of drug-likeness (QED) is 0.730. The van der Waals surface area contributed by atoms with Crippen molar-refractivity contribution in [1.29, 1.82) is 0 Å². The Labute approximate surface area is 104 Å². The number of aliphatic hydroxyl groups excluding tert-OH is 1. The lowest BCUT2D eigenvalue weighted by atomic mass is 10.1. The third-order valence-corrected chi connectivity index (χ3v) is 2.85. The molecule has 18 heavy (non-hydrogen) atoms. The fourth-order valence-electron chi connectivity index (χ4n) is 2.11. The number of fused-ring (bicyclic) bond motifs is 1. The summed E-state index contributed by atoms with van der Waals surface area (Å²) < 4.78 is 34.3. The number of aliphatic hydroxyl groups is 1. The van der Waals surface area contributed by atoms with Crippen molar-refractivity contribution in [1.82, 2.24) is 0 Å². The molecule has 2 aliphatic heterocycles. The highest BCUT2D eigenvalue weighted by Gasteiger charge is 2.56. The van der Waals surface area contributed by atoms with Crippen LogP contribution in [-0.2, 0) is 23.7 Å². The maximum Gasteiger partial charge on any atom is 0.302 e. The molecular weight excluding hydrogens is 247 g/mol. The first-order chi connectivity index (χ1) is 8.30. The van der Waals surface area contributed by atoms with E-state index in [0.717, 1.165) is 0 Å². The molecule has 0 aromatic heterocycles. The number of esters is 1. The van der Waals surface area contributed by atoms with Crippen LogP contribution in [0.1, 0.15) is 20.8 Å². The van der Waals surface area contributed by atoms with Crippen molar-refractivity contribution in [2.45, 2.75) is 57.3 Å². The van der Waals surface area contributed by atoms with Crippen LogP contribution in [0.3, 0.4) is 0 Å². The van der Waals surface area contributed by atoms with E-state index in [1.54, 1.807) is 13.8 Å². The Balaban J connectivity index is 1.92. The first-order valence-corrected chi connectivity index (χ1v) is 5.77. The van der Waals surface area contributed by atoms with Gasteiger partial charge in [-0.15, -0.1) is 0 Å². The summed E-state index contributed by atoms with van der Waals surface area (Å²) in [5.74, 6) is -1.44. The van der Waals surface area contributed by atoms with E-state index in [1.807, 2.05) is 0 Å². The monoisotopic (exact) mass is 264 g/mol. The van der Waals surface area contributed by atoms with E-state index < -0.39 is 49.1 Å². The molecule has 2 rings (SSSR count). The Morgan fingerprint density at radius 1 is 1.50 bits per heavy atom. The maximum atomic E-state index is 13.7. The Morgan fingerprint density at radius 3 is 2.72 bits per heavy atom. The average Bonchev–Trinajstić information content (AvgIpc) is 2.70. The lowest BCUT2D eigenvalue weighted by molar-refractivity contribution is -0.223. The molecule has 0 unspecified atom stereocenters. The summed E-state index contributed by atoms with van der Waals surface area (Å²) in [6.45, 7) is 4.09. The first-order valence-electron chi connectivity index (χ1n) is 5.77. The van der Waals surface area contributed by atoms with E-state index in [1.165, 1.54) is 6.92 Å². The molecule has 2 fully saturated rings. The van der Waals surface area contributed by atoms with Crippen LogP contribution in [0.25, 0.3) is 0 Å². The summed E-state index contributed by atoms with van der Waals surface area (Å²) in [4.78, 5) is 10.6. The Kier molecular flexibility index (Phi) is 3.59. The van der Waals surface area contributed by atoms with Gasteiger partial charge in [-0.25, -0.2) is 4.39 Å². The van der Waals surface area contributed by atoms with Crippen LogP contribution < -0.4 is 0 Å². The number of rotatable bonds is 3. The molecule has 0 aromatic rings. The number of alkyl halides is 1. The maximum absolute atomic E-state index is 13.7. The molecule has 0 spiro atoms. The Morgan fingerprint density at radius 2 is 2.17 bits per heavy atom. The molecule has 2 saturated heterocycles. The van der Waals surface area contributed by atoms with E-state index in [0.29, 0.717) is 0 Å². The van der Waals surface area contributed by atoms with E-state index in [2.05, 4.69) is 4.74 Å². The Bertz CT molecular complexity index is 333. The van der Waals surface area contributed by atoms with Crippen molar-refractivity contribution in [2.24, 2.45) is 0 Å². The van der Waals surface area contributed by atoms with Crippen LogP contribution >= 0.6 is 0 Å². The molecule has 1 N–H and O–H groups in total. The van der Waals surface area contributed by atoms with Gasteiger partial charge in [0, 0.05) is 6.92 Å². The lowest BCUT2D eigenvalue weighted by Crippen LogP contribution is -2.41. The summed E-state index contributed by atoms with van der Waals surface area (Å²) in [7, 11) is 0. The van der Waals surface area contributed by atoms with Crippen LogP contribution in [0.15, 0.2) is 0 Å². The smallest absolute Gasteiger partial charge is 0.302 e. The molecule has 0 aliphatic carbocycles. The highest BCUT2D eigenvalue weighted by Crippen LogP contribution is 2.38. The van der Waals surface area contributed by atoms with Gasteiger partial charge in [-0.05, 0) is 13.8 Å². The topological polar surface area (TPSA) is 74.2 Å². The summed E-state index contributed by atoms with van der Waals surface area (Å²) in [5, 5.41) is 9.92. The number of carbonyl (C=O) groups is 1. The molecule has 0 bridgehead atoms. The largest absolute Gasteiger partial charge is 0.463 e. The second-order valence-electron chi connectivity index (χ2n) is 4.88. The minimum absolute atomic E-state index is 0.458. The van der Waals surface area contributed by atoms with Crippen molar-refractivity contribution in [2.75, 3.05) is 6.61 Å². The summed E-state index contributed by atoms with van der Waals surface area (Å²) >= 11 is 0. The number of ether oxygens (including phenoxy) is 4. The number of hydrogen-bond acceptors (Lipinski definition) is 6. The third-order valence-electron chi connectivity index (χ3n) is 2.85. The fraction of sp³-hybridized carbons (Fsp3) is 0.909. The van der Waals surface area contributed by atoms with Crippen molar-refractivity contribution in [3.05, 3.63) is 0 Å². The minimum atomic E-state index is -1.62. The normalized spacial score (nSPS) is 39.4. The molecule has 2 aliphatic rings. The van der Waals surface area contributed by atoms with Gasteiger partial charge >= 0.3 is 5.97 Å². The summed E-state index contributed by atoms with van der Waals surface area (Å²) in [6, 6.07) is 0.